The third kappa shape index (κ3) is 4.00. The molecule has 2 aromatic carbocycles. The van der Waals surface area contributed by atoms with Crippen LogP contribution in [0.3, 0.4) is 0 Å². The van der Waals surface area contributed by atoms with Crippen molar-refractivity contribution in [3.05, 3.63) is 70.2 Å². The van der Waals surface area contributed by atoms with E-state index in [1.54, 1.807) is 24.3 Å². The van der Waals surface area contributed by atoms with Crippen LogP contribution in [-0.2, 0) is 10.4 Å². The van der Waals surface area contributed by atoms with E-state index in [1.807, 2.05) is 30.3 Å². The number of hydrogen-bond donors (Lipinski definition) is 2. The molecule has 5 heteroatoms. The second kappa shape index (κ2) is 6.65. The first kappa shape index (κ1) is 15.4. The predicted octanol–water partition coefficient (Wildman–Crippen LogP) is 2.81. The lowest BCUT2D eigenvalue weighted by molar-refractivity contribution is -0.138. The molecule has 0 fully saturated rings. The number of hydrogen-bond acceptors (Lipinski definition) is 3. The molecule has 2 N–H and O–H groups in total. The molecule has 21 heavy (non-hydrogen) atoms. The molecule has 0 aliphatic heterocycles. The largest absolute Gasteiger partial charge is 0.375 e. The van der Waals surface area contributed by atoms with Crippen molar-refractivity contribution in [2.24, 2.45) is 5.10 Å². The minimum absolute atomic E-state index is 0.515. The Kier molecular flexibility index (Phi) is 4.88. The molecule has 0 bridgehead atoms. The number of aliphatic hydroxyl groups is 1. The molecule has 0 spiro atoms. The van der Waals surface area contributed by atoms with Gasteiger partial charge < -0.3 is 5.11 Å². The maximum absolute atomic E-state index is 12.0. The normalized spacial score (nSPS) is 13.9. The SMILES string of the molecule is C[C@](O)(C(=O)NN=Cc1ccc(Br)cc1)c1ccccc1. The predicted molar refractivity (Wildman–Crippen MR) is 85.9 cm³/mol. The fourth-order valence-corrected chi connectivity index (χ4v) is 1.98. The maximum Gasteiger partial charge on any atom is 0.276 e. The molecule has 108 valence electrons. The van der Waals surface area contributed by atoms with Crippen LogP contribution in [-0.4, -0.2) is 17.2 Å². The van der Waals surface area contributed by atoms with Gasteiger partial charge in [-0.2, -0.15) is 5.10 Å². The number of rotatable bonds is 4. The van der Waals surface area contributed by atoms with Crippen molar-refractivity contribution >= 4 is 28.1 Å². The van der Waals surface area contributed by atoms with Gasteiger partial charge in [0.25, 0.3) is 5.91 Å². The molecular weight excluding hydrogens is 332 g/mol. The van der Waals surface area contributed by atoms with E-state index >= 15 is 0 Å². The van der Waals surface area contributed by atoms with Gasteiger partial charge in [-0.05, 0) is 30.2 Å². The van der Waals surface area contributed by atoms with Gasteiger partial charge in [0.1, 0.15) is 0 Å². The van der Waals surface area contributed by atoms with Crippen LogP contribution >= 0.6 is 15.9 Å². The Morgan fingerprint density at radius 2 is 1.81 bits per heavy atom. The lowest BCUT2D eigenvalue weighted by Gasteiger charge is -2.21. The molecular formula is C16H15BrN2O2. The Hall–Kier alpha value is -1.98. The molecule has 0 radical (unpaired) electrons. The van der Waals surface area contributed by atoms with E-state index < -0.39 is 11.5 Å². The van der Waals surface area contributed by atoms with Crippen LogP contribution < -0.4 is 5.43 Å². The standard InChI is InChI=1S/C16H15BrN2O2/c1-16(21,13-5-3-2-4-6-13)15(20)19-18-11-12-7-9-14(17)10-8-12/h2-11,21H,1H3,(H,19,20)/t16-/m1/s1. The van der Waals surface area contributed by atoms with Gasteiger partial charge in [0.15, 0.2) is 5.60 Å². The van der Waals surface area contributed by atoms with Gasteiger partial charge in [-0.15, -0.1) is 0 Å². The van der Waals surface area contributed by atoms with E-state index in [0.29, 0.717) is 5.56 Å². The Labute approximate surface area is 131 Å². The summed E-state index contributed by atoms with van der Waals surface area (Å²) in [5.41, 5.74) is 2.09. The highest BCUT2D eigenvalue weighted by molar-refractivity contribution is 9.10. The second-order valence-corrected chi connectivity index (χ2v) is 5.60. The zero-order valence-corrected chi connectivity index (χ0v) is 13.0. The van der Waals surface area contributed by atoms with Crippen molar-refractivity contribution in [3.63, 3.8) is 0 Å². The lowest BCUT2D eigenvalue weighted by atomic mass is 9.95. The van der Waals surface area contributed by atoms with E-state index in [0.717, 1.165) is 10.0 Å². The molecule has 0 unspecified atom stereocenters. The molecule has 2 aromatic rings. The zero-order chi connectivity index (χ0) is 15.3. The molecule has 0 saturated carbocycles. The van der Waals surface area contributed by atoms with Crippen LogP contribution in [0.25, 0.3) is 0 Å². The van der Waals surface area contributed by atoms with E-state index in [1.165, 1.54) is 13.1 Å². The third-order valence-electron chi connectivity index (χ3n) is 3.03. The summed E-state index contributed by atoms with van der Waals surface area (Å²) in [6, 6.07) is 16.2. The third-order valence-corrected chi connectivity index (χ3v) is 3.56. The van der Waals surface area contributed by atoms with Crippen molar-refractivity contribution in [2.45, 2.75) is 12.5 Å². The summed E-state index contributed by atoms with van der Waals surface area (Å²) in [5, 5.41) is 14.2. The van der Waals surface area contributed by atoms with Crippen LogP contribution in [0.15, 0.2) is 64.2 Å². The van der Waals surface area contributed by atoms with Gasteiger partial charge >= 0.3 is 0 Å². The van der Waals surface area contributed by atoms with Gasteiger partial charge in [-0.3, -0.25) is 4.79 Å². The van der Waals surface area contributed by atoms with E-state index in [4.69, 9.17) is 0 Å². The highest BCUT2D eigenvalue weighted by Crippen LogP contribution is 2.20. The number of nitrogens with one attached hydrogen (secondary N) is 1. The molecule has 1 atom stereocenters. The van der Waals surface area contributed by atoms with E-state index in [-0.39, 0.29) is 0 Å². The Bertz CT molecular complexity index is 637. The quantitative estimate of drug-likeness (QED) is 0.660. The fourth-order valence-electron chi connectivity index (χ4n) is 1.72. The van der Waals surface area contributed by atoms with Crippen molar-refractivity contribution < 1.29 is 9.90 Å². The smallest absolute Gasteiger partial charge is 0.276 e. The van der Waals surface area contributed by atoms with Crippen molar-refractivity contribution in [1.82, 2.24) is 5.43 Å². The number of nitrogens with zero attached hydrogens (tertiary/aromatic N) is 1. The summed E-state index contributed by atoms with van der Waals surface area (Å²) >= 11 is 3.34. The molecule has 0 aromatic heterocycles. The average Bonchev–Trinajstić information content (AvgIpc) is 2.50. The fraction of sp³-hybridized carbons (Fsp3) is 0.125. The van der Waals surface area contributed by atoms with E-state index in [2.05, 4.69) is 26.5 Å². The van der Waals surface area contributed by atoms with E-state index in [9.17, 15) is 9.90 Å². The summed E-state index contributed by atoms with van der Waals surface area (Å²) in [7, 11) is 0. The van der Waals surface area contributed by atoms with Gasteiger partial charge in [0.05, 0.1) is 6.21 Å². The molecule has 4 nitrogen and oxygen atoms in total. The number of hydrazone groups is 1. The van der Waals surface area contributed by atoms with Crippen LogP contribution in [0, 0.1) is 0 Å². The molecule has 2 rings (SSSR count). The lowest BCUT2D eigenvalue weighted by Crippen LogP contribution is -2.40. The van der Waals surface area contributed by atoms with Crippen LogP contribution in [0.2, 0.25) is 0 Å². The van der Waals surface area contributed by atoms with Crippen LogP contribution in [0.4, 0.5) is 0 Å². The Balaban J connectivity index is 2.03. The maximum atomic E-state index is 12.0. The minimum Gasteiger partial charge on any atom is -0.375 e. The summed E-state index contributed by atoms with van der Waals surface area (Å²) in [6.07, 6.45) is 1.52. The average molecular weight is 347 g/mol. The minimum atomic E-state index is -1.63. The van der Waals surface area contributed by atoms with Crippen molar-refractivity contribution in [2.75, 3.05) is 0 Å². The van der Waals surface area contributed by atoms with Crippen LogP contribution in [0.5, 0.6) is 0 Å². The highest BCUT2D eigenvalue weighted by Gasteiger charge is 2.31. The van der Waals surface area contributed by atoms with Crippen molar-refractivity contribution in [3.8, 4) is 0 Å². The number of carbonyl (C=O) groups is 1. The zero-order valence-electron chi connectivity index (χ0n) is 11.5. The number of amides is 1. The van der Waals surface area contributed by atoms with Crippen molar-refractivity contribution in [1.29, 1.82) is 0 Å². The molecule has 1 amide bonds. The summed E-state index contributed by atoms with van der Waals surface area (Å²) in [5.74, 6) is -0.581. The summed E-state index contributed by atoms with van der Waals surface area (Å²) < 4.78 is 0.968. The Morgan fingerprint density at radius 3 is 2.43 bits per heavy atom. The topological polar surface area (TPSA) is 61.7 Å². The van der Waals surface area contributed by atoms with Gasteiger partial charge in [-0.25, -0.2) is 5.43 Å². The summed E-state index contributed by atoms with van der Waals surface area (Å²) in [4.78, 5) is 12.0. The number of benzene rings is 2. The van der Waals surface area contributed by atoms with Crippen LogP contribution in [0.1, 0.15) is 18.1 Å². The van der Waals surface area contributed by atoms with Gasteiger partial charge in [0.2, 0.25) is 0 Å². The first-order valence-corrected chi connectivity index (χ1v) is 7.16. The summed E-state index contributed by atoms with van der Waals surface area (Å²) in [6.45, 7) is 1.44. The molecule has 0 heterocycles. The number of carbonyl (C=O) groups excluding carboxylic acids is 1. The molecule has 0 aliphatic carbocycles. The second-order valence-electron chi connectivity index (χ2n) is 4.69. The highest BCUT2D eigenvalue weighted by atomic mass is 79.9. The molecule has 0 aliphatic rings. The first-order chi connectivity index (χ1) is 10.00. The first-order valence-electron chi connectivity index (χ1n) is 6.37. The monoisotopic (exact) mass is 346 g/mol. The van der Waals surface area contributed by atoms with Gasteiger partial charge in [-0.1, -0.05) is 58.4 Å². The Morgan fingerprint density at radius 1 is 1.19 bits per heavy atom. The number of halogens is 1. The van der Waals surface area contributed by atoms with Gasteiger partial charge in [0, 0.05) is 4.47 Å². The molecule has 0 saturated heterocycles.